The van der Waals surface area contributed by atoms with Crippen LogP contribution < -0.4 is 10.6 Å². The van der Waals surface area contributed by atoms with E-state index in [2.05, 4.69) is 15.7 Å². The van der Waals surface area contributed by atoms with Gasteiger partial charge in [-0.2, -0.15) is 5.10 Å². The molecule has 0 saturated heterocycles. The molecule has 1 aromatic heterocycles. The van der Waals surface area contributed by atoms with Gasteiger partial charge in [-0.25, -0.2) is 17.9 Å². The van der Waals surface area contributed by atoms with Crippen LogP contribution in [-0.2, 0) is 4.79 Å². The lowest BCUT2D eigenvalue weighted by molar-refractivity contribution is -0.115. The number of carbonyl (C=O) groups is 2. The van der Waals surface area contributed by atoms with E-state index in [1.165, 1.54) is 17.1 Å². The van der Waals surface area contributed by atoms with E-state index in [9.17, 15) is 22.8 Å². The number of nitrogens with one attached hydrogen (secondary N) is 2. The Morgan fingerprint density at radius 2 is 1.89 bits per heavy atom. The minimum absolute atomic E-state index is 0.173. The molecule has 28 heavy (non-hydrogen) atoms. The molecule has 3 aromatic rings. The molecule has 3 rings (SSSR count). The number of amides is 2. The first-order valence-corrected chi connectivity index (χ1v) is 8.25. The highest BCUT2D eigenvalue weighted by molar-refractivity contribution is 6.30. The van der Waals surface area contributed by atoms with Crippen molar-refractivity contribution in [2.45, 2.75) is 0 Å². The molecule has 2 N–H and O–H groups in total. The van der Waals surface area contributed by atoms with Crippen molar-refractivity contribution in [3.05, 3.63) is 76.8 Å². The molecule has 144 valence electrons. The smallest absolute Gasteiger partial charge is 0.254 e. The van der Waals surface area contributed by atoms with E-state index in [-0.39, 0.29) is 5.56 Å². The zero-order chi connectivity index (χ0) is 20.3. The average molecular weight is 409 g/mol. The first kappa shape index (κ1) is 19.4. The summed E-state index contributed by atoms with van der Waals surface area (Å²) < 4.78 is 41.0. The molecule has 0 aliphatic carbocycles. The van der Waals surface area contributed by atoms with Gasteiger partial charge in [-0.15, -0.1) is 0 Å². The molecule has 0 atom stereocenters. The molecule has 10 heteroatoms. The summed E-state index contributed by atoms with van der Waals surface area (Å²) in [6.07, 6.45) is 2.73. The van der Waals surface area contributed by atoms with Crippen molar-refractivity contribution in [3.63, 3.8) is 0 Å². The zero-order valence-electron chi connectivity index (χ0n) is 14.0. The van der Waals surface area contributed by atoms with Gasteiger partial charge in [0.2, 0.25) is 5.91 Å². The molecular formula is C18H12ClF3N4O2. The Morgan fingerprint density at radius 1 is 1.11 bits per heavy atom. The first-order valence-electron chi connectivity index (χ1n) is 7.87. The fourth-order valence-electron chi connectivity index (χ4n) is 2.28. The SMILES string of the molecule is O=C(CNC(=O)c1cnn(-c2cccc(Cl)c2)c1)Nc1ccc(F)c(F)c1F. The minimum Gasteiger partial charge on any atom is -0.343 e. The number of anilines is 1. The highest BCUT2D eigenvalue weighted by Gasteiger charge is 2.16. The lowest BCUT2D eigenvalue weighted by Crippen LogP contribution is -2.33. The Hall–Kier alpha value is -3.33. The number of rotatable bonds is 5. The molecule has 0 aliphatic rings. The van der Waals surface area contributed by atoms with Crippen LogP contribution in [-0.4, -0.2) is 28.1 Å². The van der Waals surface area contributed by atoms with Crippen molar-refractivity contribution in [3.8, 4) is 5.69 Å². The van der Waals surface area contributed by atoms with Crippen LogP contribution in [0.2, 0.25) is 5.02 Å². The second kappa shape index (κ2) is 8.13. The summed E-state index contributed by atoms with van der Waals surface area (Å²) in [5.74, 6) is -6.02. The standard InChI is InChI=1S/C18H12ClF3N4O2/c19-11-2-1-3-12(6-11)26-9-10(7-24-26)18(28)23-8-15(27)25-14-5-4-13(20)16(21)17(14)22/h1-7,9H,8H2,(H,23,28)(H,25,27). The van der Waals surface area contributed by atoms with Crippen LogP contribution in [0.5, 0.6) is 0 Å². The number of hydrogen-bond donors (Lipinski definition) is 2. The van der Waals surface area contributed by atoms with Crippen molar-refractivity contribution in [1.82, 2.24) is 15.1 Å². The molecule has 0 unspecified atom stereocenters. The van der Waals surface area contributed by atoms with Crippen LogP contribution in [0.15, 0.2) is 48.8 Å². The minimum atomic E-state index is -1.70. The summed E-state index contributed by atoms with van der Waals surface area (Å²) in [4.78, 5) is 23.9. The van der Waals surface area contributed by atoms with Crippen LogP contribution in [0.4, 0.5) is 18.9 Å². The lowest BCUT2D eigenvalue weighted by Gasteiger charge is -2.08. The van der Waals surface area contributed by atoms with Gasteiger partial charge in [-0.1, -0.05) is 17.7 Å². The fraction of sp³-hybridized carbons (Fsp3) is 0.0556. The number of benzene rings is 2. The Labute approximate surface area is 161 Å². The van der Waals surface area contributed by atoms with Gasteiger partial charge < -0.3 is 10.6 Å². The quantitative estimate of drug-likeness (QED) is 0.636. The van der Waals surface area contributed by atoms with Gasteiger partial charge in [0.15, 0.2) is 17.5 Å². The van der Waals surface area contributed by atoms with Crippen LogP contribution in [0.3, 0.4) is 0 Å². The summed E-state index contributed by atoms with van der Waals surface area (Å²) in [7, 11) is 0. The van der Waals surface area contributed by atoms with E-state index in [1.807, 2.05) is 0 Å². The second-order valence-electron chi connectivity index (χ2n) is 5.61. The van der Waals surface area contributed by atoms with E-state index in [0.29, 0.717) is 16.8 Å². The van der Waals surface area contributed by atoms with E-state index < -0.39 is 41.5 Å². The molecule has 2 aromatic carbocycles. The predicted molar refractivity (Wildman–Crippen MR) is 95.9 cm³/mol. The van der Waals surface area contributed by atoms with Crippen LogP contribution in [0, 0.1) is 17.5 Å². The van der Waals surface area contributed by atoms with Gasteiger partial charge >= 0.3 is 0 Å². The summed E-state index contributed by atoms with van der Waals surface area (Å²) in [5, 5.41) is 8.91. The highest BCUT2D eigenvalue weighted by atomic mass is 35.5. The van der Waals surface area contributed by atoms with Gasteiger partial charge in [0.25, 0.3) is 5.91 Å². The molecule has 0 aliphatic heterocycles. The monoisotopic (exact) mass is 408 g/mol. The number of aromatic nitrogens is 2. The molecule has 0 radical (unpaired) electrons. The van der Waals surface area contributed by atoms with Gasteiger partial charge in [0.05, 0.1) is 29.7 Å². The molecule has 6 nitrogen and oxygen atoms in total. The fourth-order valence-corrected chi connectivity index (χ4v) is 2.46. The maximum absolute atomic E-state index is 13.5. The average Bonchev–Trinajstić information content (AvgIpc) is 3.17. The summed E-state index contributed by atoms with van der Waals surface area (Å²) in [6.45, 7) is -0.514. The number of carbonyl (C=O) groups excluding carboxylic acids is 2. The maximum Gasteiger partial charge on any atom is 0.254 e. The van der Waals surface area contributed by atoms with Gasteiger partial charge in [-0.05, 0) is 30.3 Å². The topological polar surface area (TPSA) is 76.0 Å². The third kappa shape index (κ3) is 4.32. The van der Waals surface area contributed by atoms with Crippen molar-refractivity contribution in [2.75, 3.05) is 11.9 Å². The molecule has 0 bridgehead atoms. The van der Waals surface area contributed by atoms with E-state index >= 15 is 0 Å². The second-order valence-corrected chi connectivity index (χ2v) is 6.04. The highest BCUT2D eigenvalue weighted by Crippen LogP contribution is 2.19. The van der Waals surface area contributed by atoms with Gasteiger partial charge in [-0.3, -0.25) is 9.59 Å². The Morgan fingerprint density at radius 3 is 2.64 bits per heavy atom. The van der Waals surface area contributed by atoms with Crippen molar-refractivity contribution in [1.29, 1.82) is 0 Å². The molecule has 0 spiro atoms. The molecule has 2 amide bonds. The predicted octanol–water partition coefficient (Wildman–Crippen LogP) is 3.31. The van der Waals surface area contributed by atoms with Crippen molar-refractivity contribution in [2.24, 2.45) is 0 Å². The molecule has 1 heterocycles. The van der Waals surface area contributed by atoms with Crippen molar-refractivity contribution < 1.29 is 22.8 Å². The number of halogens is 4. The number of hydrogen-bond acceptors (Lipinski definition) is 3. The number of nitrogens with zero attached hydrogens (tertiary/aromatic N) is 2. The van der Waals surface area contributed by atoms with Gasteiger partial charge in [0.1, 0.15) is 0 Å². The lowest BCUT2D eigenvalue weighted by atomic mass is 10.2. The van der Waals surface area contributed by atoms with E-state index in [0.717, 1.165) is 6.07 Å². The van der Waals surface area contributed by atoms with Crippen LogP contribution >= 0.6 is 11.6 Å². The Kier molecular flexibility index (Phi) is 5.65. The molecular weight excluding hydrogens is 397 g/mol. The van der Waals surface area contributed by atoms with Gasteiger partial charge in [0, 0.05) is 11.2 Å². The van der Waals surface area contributed by atoms with E-state index in [4.69, 9.17) is 11.6 Å². The Balaban J connectivity index is 1.60. The third-order valence-corrected chi connectivity index (χ3v) is 3.87. The normalized spacial score (nSPS) is 10.6. The van der Waals surface area contributed by atoms with E-state index in [1.54, 1.807) is 24.3 Å². The maximum atomic E-state index is 13.5. The first-order chi connectivity index (χ1) is 13.3. The molecule has 0 saturated carbocycles. The summed E-state index contributed by atoms with van der Waals surface area (Å²) in [6, 6.07) is 8.36. The summed E-state index contributed by atoms with van der Waals surface area (Å²) >= 11 is 5.91. The molecule has 0 fully saturated rings. The van der Waals surface area contributed by atoms with Crippen LogP contribution in [0.25, 0.3) is 5.69 Å². The zero-order valence-corrected chi connectivity index (χ0v) is 14.8. The van der Waals surface area contributed by atoms with Crippen LogP contribution in [0.1, 0.15) is 10.4 Å². The third-order valence-electron chi connectivity index (χ3n) is 3.64. The van der Waals surface area contributed by atoms with Crippen molar-refractivity contribution >= 4 is 29.1 Å². The Bertz CT molecular complexity index is 1060. The largest absolute Gasteiger partial charge is 0.343 e. The summed E-state index contributed by atoms with van der Waals surface area (Å²) in [5.41, 5.74) is 0.275.